The molecule has 32 heavy (non-hydrogen) atoms. The van der Waals surface area contributed by atoms with Gasteiger partial charge in [0.25, 0.3) is 0 Å². The Morgan fingerprint density at radius 1 is 1.19 bits per heavy atom. The smallest absolute Gasteiger partial charge is 0.236 e. The molecule has 1 saturated carbocycles. The summed E-state index contributed by atoms with van der Waals surface area (Å²) in [6.45, 7) is 7.04. The first-order valence-electron chi connectivity index (χ1n) is 11.9. The molecule has 2 aliphatic heterocycles. The Labute approximate surface area is 196 Å². The zero-order valence-corrected chi connectivity index (χ0v) is 19.8. The van der Waals surface area contributed by atoms with Gasteiger partial charge in [0, 0.05) is 56.0 Å². The van der Waals surface area contributed by atoms with Crippen LogP contribution in [0.25, 0.3) is 0 Å². The average molecular weight is 460 g/mol. The van der Waals surface area contributed by atoms with Gasteiger partial charge in [0.05, 0.1) is 12.6 Å². The fraction of sp³-hybridized carbons (Fsp3) is 0.600. The van der Waals surface area contributed by atoms with Gasteiger partial charge in [-0.05, 0) is 37.3 Å². The Hall–Kier alpha value is -1.70. The van der Waals surface area contributed by atoms with Crippen molar-refractivity contribution in [3.05, 3.63) is 47.3 Å². The standard InChI is InChI=1S/C25H34FN3O2S/c1-2-11-28-15-14-27(17-23(28)30)12-9-19-16-29(13-10-22(19)32)24(25(31)18-7-8-18)20-5-3-4-6-21(20)26/h3-6,9,18,22,24,32H,2,7-8,10-17H2,1H3/b19-9+. The molecule has 2 saturated heterocycles. The fourth-order valence-electron chi connectivity index (χ4n) is 4.80. The van der Waals surface area contributed by atoms with E-state index >= 15 is 0 Å². The molecule has 0 radical (unpaired) electrons. The molecule has 5 nitrogen and oxygen atoms in total. The van der Waals surface area contributed by atoms with Crippen LogP contribution in [-0.2, 0) is 9.59 Å². The second kappa shape index (κ2) is 10.5. The molecule has 174 valence electrons. The van der Waals surface area contributed by atoms with E-state index in [4.69, 9.17) is 12.6 Å². The summed E-state index contributed by atoms with van der Waals surface area (Å²) in [6.07, 6.45) is 5.80. The third kappa shape index (κ3) is 5.43. The van der Waals surface area contributed by atoms with Crippen molar-refractivity contribution in [2.45, 2.75) is 43.9 Å². The number of amides is 1. The zero-order chi connectivity index (χ0) is 22.7. The summed E-state index contributed by atoms with van der Waals surface area (Å²) in [5, 5.41) is 0.126. The van der Waals surface area contributed by atoms with E-state index in [9.17, 15) is 14.0 Å². The molecule has 7 heteroatoms. The van der Waals surface area contributed by atoms with Crippen molar-refractivity contribution in [2.75, 3.05) is 45.8 Å². The lowest BCUT2D eigenvalue weighted by atomic mass is 9.93. The highest BCUT2D eigenvalue weighted by Gasteiger charge is 2.40. The Morgan fingerprint density at radius 3 is 2.66 bits per heavy atom. The van der Waals surface area contributed by atoms with Crippen molar-refractivity contribution in [3.63, 3.8) is 0 Å². The van der Waals surface area contributed by atoms with Crippen LogP contribution in [0.1, 0.15) is 44.2 Å². The van der Waals surface area contributed by atoms with Crippen molar-refractivity contribution >= 4 is 24.3 Å². The number of ketones is 1. The van der Waals surface area contributed by atoms with Crippen LogP contribution >= 0.6 is 12.6 Å². The molecule has 0 N–H and O–H groups in total. The second-order valence-corrected chi connectivity index (χ2v) is 9.89. The number of hydrogen-bond acceptors (Lipinski definition) is 5. The molecule has 3 aliphatic rings. The summed E-state index contributed by atoms with van der Waals surface area (Å²) in [7, 11) is 0. The van der Waals surface area contributed by atoms with E-state index in [0.29, 0.717) is 25.2 Å². The first-order valence-corrected chi connectivity index (χ1v) is 12.4. The molecule has 3 fully saturated rings. The molecule has 0 spiro atoms. The van der Waals surface area contributed by atoms with E-state index in [2.05, 4.69) is 22.8 Å². The van der Waals surface area contributed by atoms with E-state index in [0.717, 1.165) is 57.4 Å². The molecule has 1 aromatic carbocycles. The summed E-state index contributed by atoms with van der Waals surface area (Å²) in [6, 6.07) is 6.14. The van der Waals surface area contributed by atoms with E-state index in [1.54, 1.807) is 12.1 Å². The number of thiol groups is 1. The topological polar surface area (TPSA) is 43.9 Å². The molecule has 2 atom stereocenters. The van der Waals surface area contributed by atoms with Gasteiger partial charge in [-0.15, -0.1) is 0 Å². The van der Waals surface area contributed by atoms with Gasteiger partial charge in [0.15, 0.2) is 5.78 Å². The monoisotopic (exact) mass is 459 g/mol. The maximum atomic E-state index is 14.7. The number of halogens is 1. The number of Topliss-reactive ketones (excluding diaryl/α,β-unsaturated/α-hetero) is 1. The Kier molecular flexibility index (Phi) is 7.69. The predicted molar refractivity (Wildman–Crippen MR) is 127 cm³/mol. The van der Waals surface area contributed by atoms with Gasteiger partial charge in [-0.1, -0.05) is 31.2 Å². The number of hydrogen-bond donors (Lipinski definition) is 1. The summed E-state index contributed by atoms with van der Waals surface area (Å²) in [5.74, 6) is 0.0863. The van der Waals surface area contributed by atoms with Crippen LogP contribution in [0.5, 0.6) is 0 Å². The van der Waals surface area contributed by atoms with Gasteiger partial charge < -0.3 is 4.90 Å². The number of piperazine rings is 1. The van der Waals surface area contributed by atoms with Crippen LogP contribution in [0.3, 0.4) is 0 Å². The number of carbonyl (C=O) groups excluding carboxylic acids is 2. The molecule has 1 aromatic rings. The molecule has 2 unspecified atom stereocenters. The maximum absolute atomic E-state index is 14.7. The van der Waals surface area contributed by atoms with Crippen LogP contribution < -0.4 is 0 Å². The Morgan fingerprint density at radius 2 is 1.97 bits per heavy atom. The van der Waals surface area contributed by atoms with Crippen LogP contribution in [0.2, 0.25) is 0 Å². The van der Waals surface area contributed by atoms with Crippen LogP contribution in [-0.4, -0.2) is 77.5 Å². The van der Waals surface area contributed by atoms with E-state index < -0.39 is 6.04 Å². The number of likely N-dealkylation sites (tertiary alicyclic amines) is 1. The first-order chi connectivity index (χ1) is 15.5. The summed E-state index contributed by atoms with van der Waals surface area (Å²) in [4.78, 5) is 31.8. The normalized spacial score (nSPS) is 25.3. The first kappa shape index (κ1) is 23.5. The largest absolute Gasteiger partial charge is 0.340 e. The van der Waals surface area contributed by atoms with Crippen LogP contribution in [0.4, 0.5) is 4.39 Å². The Bertz CT molecular complexity index is 872. The van der Waals surface area contributed by atoms with Gasteiger partial charge in [-0.3, -0.25) is 19.4 Å². The number of rotatable bonds is 8. The summed E-state index contributed by atoms with van der Waals surface area (Å²) >= 11 is 4.79. The minimum atomic E-state index is -0.535. The van der Waals surface area contributed by atoms with Crippen molar-refractivity contribution in [1.82, 2.24) is 14.7 Å². The number of piperidine rings is 1. The lowest BCUT2D eigenvalue weighted by Crippen LogP contribution is -2.50. The highest BCUT2D eigenvalue weighted by atomic mass is 32.1. The second-order valence-electron chi connectivity index (χ2n) is 9.27. The van der Waals surface area contributed by atoms with Gasteiger partial charge >= 0.3 is 0 Å². The minimum absolute atomic E-state index is 0.0613. The van der Waals surface area contributed by atoms with Gasteiger partial charge in [0.2, 0.25) is 5.91 Å². The molecule has 0 bridgehead atoms. The third-order valence-electron chi connectivity index (χ3n) is 6.82. The zero-order valence-electron chi connectivity index (χ0n) is 18.9. The van der Waals surface area contributed by atoms with E-state index in [1.807, 2.05) is 11.0 Å². The van der Waals surface area contributed by atoms with Crippen molar-refractivity contribution in [2.24, 2.45) is 5.92 Å². The van der Waals surface area contributed by atoms with Crippen molar-refractivity contribution in [1.29, 1.82) is 0 Å². The Balaban J connectivity index is 1.46. The number of benzene rings is 1. The average Bonchev–Trinajstić information content (AvgIpc) is 3.62. The highest BCUT2D eigenvalue weighted by molar-refractivity contribution is 7.81. The van der Waals surface area contributed by atoms with Gasteiger partial charge in [-0.2, -0.15) is 12.6 Å². The van der Waals surface area contributed by atoms with Crippen molar-refractivity contribution < 1.29 is 14.0 Å². The molecular formula is C25H34FN3O2S. The summed E-state index contributed by atoms with van der Waals surface area (Å²) in [5.41, 5.74) is 1.65. The van der Waals surface area contributed by atoms with E-state index in [-0.39, 0.29) is 28.7 Å². The molecular weight excluding hydrogens is 425 g/mol. The maximum Gasteiger partial charge on any atom is 0.236 e. The molecule has 1 amide bonds. The predicted octanol–water partition coefficient (Wildman–Crippen LogP) is 3.33. The van der Waals surface area contributed by atoms with Crippen molar-refractivity contribution in [3.8, 4) is 0 Å². The van der Waals surface area contributed by atoms with Gasteiger partial charge in [-0.25, -0.2) is 4.39 Å². The lowest BCUT2D eigenvalue weighted by Gasteiger charge is -2.38. The molecule has 1 aliphatic carbocycles. The van der Waals surface area contributed by atoms with Crippen LogP contribution in [0.15, 0.2) is 35.9 Å². The van der Waals surface area contributed by atoms with E-state index in [1.165, 1.54) is 6.07 Å². The minimum Gasteiger partial charge on any atom is -0.340 e. The quantitative estimate of drug-likeness (QED) is 0.478. The lowest BCUT2D eigenvalue weighted by molar-refractivity contribution is -0.135. The molecule has 2 heterocycles. The molecule has 0 aromatic heterocycles. The molecule has 4 rings (SSSR count). The fourth-order valence-corrected chi connectivity index (χ4v) is 5.10. The highest BCUT2D eigenvalue weighted by Crippen LogP contribution is 2.39. The number of nitrogens with zero attached hydrogens (tertiary/aromatic N) is 3. The third-order valence-corrected chi connectivity index (χ3v) is 7.41. The van der Waals surface area contributed by atoms with Gasteiger partial charge in [0.1, 0.15) is 5.82 Å². The number of carbonyl (C=O) groups is 2. The SMILES string of the molecule is CCCN1CCN(C/C=C2\CN(C(C(=O)C3CC3)c3ccccc3F)CCC2S)CC1=O. The van der Waals surface area contributed by atoms with Crippen LogP contribution in [0, 0.1) is 11.7 Å². The summed E-state index contributed by atoms with van der Waals surface area (Å²) < 4.78 is 14.7.